The zero-order valence-corrected chi connectivity index (χ0v) is 23.4. The van der Waals surface area contributed by atoms with Crippen molar-refractivity contribution in [3.05, 3.63) is 28.0 Å². The van der Waals surface area contributed by atoms with Gasteiger partial charge in [-0.15, -0.1) is 0 Å². The van der Waals surface area contributed by atoms with Gasteiger partial charge in [-0.05, 0) is 40.0 Å². The third-order valence-electron chi connectivity index (χ3n) is 7.20. The molecule has 8 nitrogen and oxygen atoms in total. The van der Waals surface area contributed by atoms with Crippen molar-refractivity contribution in [3.63, 3.8) is 0 Å². The Morgan fingerprint density at radius 2 is 1.11 bits per heavy atom. The summed E-state index contributed by atoms with van der Waals surface area (Å²) >= 11 is 0. The number of aromatic hydroxyl groups is 3. The Morgan fingerprint density at radius 1 is 0.703 bits per heavy atom. The predicted octanol–water partition coefficient (Wildman–Crippen LogP) is 5.63. The fourth-order valence-corrected chi connectivity index (χ4v) is 5.05. The fraction of sp³-hybridized carbons (Fsp3) is 0.586. The molecular weight excluding hydrogens is 476 g/mol. The molecule has 204 valence electrons. The van der Waals surface area contributed by atoms with Gasteiger partial charge in [0.05, 0.1) is 10.8 Å². The van der Waals surface area contributed by atoms with Crippen LogP contribution in [0.5, 0.6) is 17.2 Å². The van der Waals surface area contributed by atoms with Crippen LogP contribution in [0.1, 0.15) is 108 Å². The molecule has 0 heterocycles. The number of hydrogen-bond donors (Lipinski definition) is 4. The Labute approximate surface area is 218 Å². The van der Waals surface area contributed by atoms with Gasteiger partial charge in [0.15, 0.2) is 23.1 Å². The Bertz CT molecular complexity index is 1150. The molecule has 1 aliphatic rings. The zero-order chi connectivity index (χ0) is 28.9. The van der Waals surface area contributed by atoms with Crippen molar-refractivity contribution < 1.29 is 39.6 Å². The number of carbonyl (C=O) groups is 4. The minimum absolute atomic E-state index is 0.113. The molecule has 37 heavy (non-hydrogen) atoms. The standard InChI is InChI=1S/C29H40O8/c1-12(2)11-15(17-25(35)28(7,8)27(37)29(9,10)26(17)36)16-22(32)18(20(30)13(3)4)24(34)19(23(16)33)21(31)14(5)6/h12-15,32-35H,11H2,1-10H3. The molecule has 0 aromatic heterocycles. The van der Waals surface area contributed by atoms with Crippen LogP contribution in [0.3, 0.4) is 0 Å². The van der Waals surface area contributed by atoms with Gasteiger partial charge in [-0.1, -0.05) is 41.5 Å². The Morgan fingerprint density at radius 3 is 1.46 bits per heavy atom. The molecule has 1 aromatic carbocycles. The maximum atomic E-state index is 13.7. The maximum Gasteiger partial charge on any atom is 0.175 e. The Kier molecular flexibility index (Phi) is 8.09. The van der Waals surface area contributed by atoms with Crippen LogP contribution in [0, 0.1) is 28.6 Å². The van der Waals surface area contributed by atoms with E-state index in [1.807, 2.05) is 13.8 Å². The average Bonchev–Trinajstić information content (AvgIpc) is 2.76. The van der Waals surface area contributed by atoms with E-state index in [1.54, 1.807) is 27.7 Å². The fourth-order valence-electron chi connectivity index (χ4n) is 5.05. The first kappa shape index (κ1) is 30.1. The number of hydrogen-bond acceptors (Lipinski definition) is 8. The minimum Gasteiger partial charge on any atom is -0.511 e. The van der Waals surface area contributed by atoms with Crippen LogP contribution >= 0.6 is 0 Å². The van der Waals surface area contributed by atoms with Crippen molar-refractivity contribution in [2.75, 3.05) is 0 Å². The molecule has 0 spiro atoms. The van der Waals surface area contributed by atoms with Crippen molar-refractivity contribution in [1.29, 1.82) is 0 Å². The highest BCUT2D eigenvalue weighted by atomic mass is 16.3. The van der Waals surface area contributed by atoms with Gasteiger partial charge in [-0.25, -0.2) is 0 Å². The highest BCUT2D eigenvalue weighted by Gasteiger charge is 2.55. The molecule has 8 heteroatoms. The van der Waals surface area contributed by atoms with Gasteiger partial charge >= 0.3 is 0 Å². The lowest BCUT2D eigenvalue weighted by Gasteiger charge is -2.41. The molecule has 0 amide bonds. The van der Waals surface area contributed by atoms with E-state index in [1.165, 1.54) is 27.7 Å². The van der Waals surface area contributed by atoms with E-state index in [-0.39, 0.29) is 23.5 Å². The van der Waals surface area contributed by atoms with E-state index in [4.69, 9.17) is 0 Å². The number of ketones is 4. The van der Waals surface area contributed by atoms with Crippen molar-refractivity contribution >= 4 is 23.1 Å². The summed E-state index contributed by atoms with van der Waals surface area (Å²) in [6.07, 6.45) is 0.113. The summed E-state index contributed by atoms with van der Waals surface area (Å²) in [5, 5.41) is 45.0. The lowest BCUT2D eigenvalue weighted by molar-refractivity contribution is -0.144. The molecule has 1 aromatic rings. The monoisotopic (exact) mass is 516 g/mol. The lowest BCUT2D eigenvalue weighted by atomic mass is 9.60. The number of phenolic OH excluding ortho intramolecular Hbond substituents is 3. The van der Waals surface area contributed by atoms with Crippen LogP contribution in [0.15, 0.2) is 11.3 Å². The van der Waals surface area contributed by atoms with Crippen LogP contribution < -0.4 is 0 Å². The van der Waals surface area contributed by atoms with Crippen molar-refractivity contribution in [1.82, 2.24) is 0 Å². The van der Waals surface area contributed by atoms with Gasteiger partial charge in [0.2, 0.25) is 0 Å². The number of phenols is 3. The van der Waals surface area contributed by atoms with E-state index < -0.39 is 85.9 Å². The molecule has 0 aliphatic heterocycles. The van der Waals surface area contributed by atoms with Crippen LogP contribution in [0.25, 0.3) is 0 Å². The molecule has 0 saturated heterocycles. The van der Waals surface area contributed by atoms with Crippen molar-refractivity contribution in [2.45, 2.75) is 81.6 Å². The number of aliphatic hydroxyl groups is 1. The summed E-state index contributed by atoms with van der Waals surface area (Å²) in [6, 6.07) is 0. The van der Waals surface area contributed by atoms with Crippen molar-refractivity contribution in [2.24, 2.45) is 28.6 Å². The van der Waals surface area contributed by atoms with E-state index in [0.29, 0.717) is 0 Å². The molecule has 1 unspecified atom stereocenters. The number of benzene rings is 1. The molecule has 0 fully saturated rings. The number of rotatable bonds is 8. The first-order valence-electron chi connectivity index (χ1n) is 12.6. The summed E-state index contributed by atoms with van der Waals surface area (Å²) in [6.45, 7) is 15.8. The first-order chi connectivity index (χ1) is 16.7. The normalized spacial score (nSPS) is 18.2. The summed E-state index contributed by atoms with van der Waals surface area (Å²) in [5.74, 6) is -8.04. The van der Waals surface area contributed by atoms with Gasteiger partial charge in [0, 0.05) is 28.9 Å². The third-order valence-corrected chi connectivity index (χ3v) is 7.20. The Balaban J connectivity index is 3.16. The summed E-state index contributed by atoms with van der Waals surface area (Å²) < 4.78 is 0. The van der Waals surface area contributed by atoms with Crippen LogP contribution in [0.4, 0.5) is 0 Å². The molecule has 1 aliphatic carbocycles. The first-order valence-corrected chi connectivity index (χ1v) is 12.6. The van der Waals surface area contributed by atoms with E-state index in [0.717, 1.165) is 0 Å². The second-order valence-corrected chi connectivity index (χ2v) is 12.1. The number of carbonyl (C=O) groups excluding carboxylic acids is 4. The quantitative estimate of drug-likeness (QED) is 0.257. The second-order valence-electron chi connectivity index (χ2n) is 12.1. The Hall–Kier alpha value is -3.16. The molecular formula is C29H40O8. The van der Waals surface area contributed by atoms with Crippen LogP contribution in [-0.2, 0) is 9.59 Å². The molecule has 0 saturated carbocycles. The number of Topliss-reactive ketones (excluding diaryl/α,β-unsaturated/α-hetero) is 4. The van der Waals surface area contributed by atoms with E-state index in [2.05, 4.69) is 0 Å². The topological polar surface area (TPSA) is 149 Å². The lowest BCUT2D eigenvalue weighted by Crippen LogP contribution is -2.49. The third kappa shape index (κ3) is 4.78. The molecule has 0 radical (unpaired) electrons. The highest BCUT2D eigenvalue weighted by Crippen LogP contribution is 2.54. The van der Waals surface area contributed by atoms with Gasteiger partial charge in [0.25, 0.3) is 0 Å². The smallest absolute Gasteiger partial charge is 0.175 e. The summed E-state index contributed by atoms with van der Waals surface area (Å²) in [5.41, 5.74) is -4.51. The van der Waals surface area contributed by atoms with Crippen LogP contribution in [-0.4, -0.2) is 43.6 Å². The zero-order valence-electron chi connectivity index (χ0n) is 23.4. The highest BCUT2D eigenvalue weighted by molar-refractivity contribution is 6.20. The maximum absolute atomic E-state index is 13.7. The number of allylic oxidation sites excluding steroid dienone is 2. The van der Waals surface area contributed by atoms with Gasteiger partial charge in [-0.3, -0.25) is 19.2 Å². The van der Waals surface area contributed by atoms with Gasteiger partial charge in [0.1, 0.15) is 34.1 Å². The van der Waals surface area contributed by atoms with E-state index in [9.17, 15) is 39.6 Å². The predicted molar refractivity (Wildman–Crippen MR) is 139 cm³/mol. The second kappa shape index (κ2) is 9.95. The summed E-state index contributed by atoms with van der Waals surface area (Å²) in [4.78, 5) is 53.0. The van der Waals surface area contributed by atoms with E-state index >= 15 is 0 Å². The molecule has 2 rings (SSSR count). The minimum atomic E-state index is -1.52. The van der Waals surface area contributed by atoms with Crippen LogP contribution in [0.2, 0.25) is 0 Å². The van der Waals surface area contributed by atoms with Gasteiger partial charge < -0.3 is 20.4 Å². The molecule has 1 atom stereocenters. The largest absolute Gasteiger partial charge is 0.511 e. The summed E-state index contributed by atoms with van der Waals surface area (Å²) in [7, 11) is 0. The molecule has 4 N–H and O–H groups in total. The molecule has 0 bridgehead atoms. The van der Waals surface area contributed by atoms with Crippen molar-refractivity contribution in [3.8, 4) is 17.2 Å². The number of aliphatic hydroxyl groups excluding tert-OH is 1. The SMILES string of the molecule is CC(C)CC(C1=C(O)C(C)(C)C(=O)C(C)(C)C1=O)c1c(O)c(C(=O)C(C)C)c(O)c(C(=O)C(C)C)c1O. The average molecular weight is 517 g/mol. The van der Waals surface area contributed by atoms with Gasteiger partial charge in [-0.2, -0.15) is 0 Å².